The number of ether oxygens (including phenoxy) is 1. The monoisotopic (exact) mass is 321 g/mol. The Bertz CT molecular complexity index is 603. The SMILES string of the molecule is CNC(C)c1ccc(OC)c(CSc2ccccc2Cl)c1. The van der Waals surface area contributed by atoms with Crippen molar-refractivity contribution in [2.45, 2.75) is 23.6 Å². The number of thioether (sulfide) groups is 1. The van der Waals surface area contributed by atoms with Gasteiger partial charge in [0.25, 0.3) is 0 Å². The third-order valence-corrected chi connectivity index (χ3v) is 5.02. The molecule has 2 nitrogen and oxygen atoms in total. The maximum Gasteiger partial charge on any atom is 0.122 e. The molecule has 0 aliphatic rings. The van der Waals surface area contributed by atoms with E-state index in [-0.39, 0.29) is 0 Å². The molecular weight excluding hydrogens is 302 g/mol. The van der Waals surface area contributed by atoms with Gasteiger partial charge in [-0.25, -0.2) is 0 Å². The molecule has 4 heteroatoms. The highest BCUT2D eigenvalue weighted by Crippen LogP contribution is 2.33. The highest BCUT2D eigenvalue weighted by atomic mass is 35.5. The Morgan fingerprint density at radius 1 is 1.24 bits per heavy atom. The largest absolute Gasteiger partial charge is 0.496 e. The van der Waals surface area contributed by atoms with E-state index in [0.29, 0.717) is 6.04 Å². The van der Waals surface area contributed by atoms with Crippen molar-refractivity contribution in [1.29, 1.82) is 0 Å². The van der Waals surface area contributed by atoms with Gasteiger partial charge in [0.2, 0.25) is 0 Å². The molecule has 0 bridgehead atoms. The molecule has 0 spiro atoms. The molecule has 1 atom stereocenters. The predicted molar refractivity (Wildman–Crippen MR) is 91.5 cm³/mol. The molecule has 0 saturated carbocycles. The Balaban J connectivity index is 2.19. The second-order valence-corrected chi connectivity index (χ2v) is 6.23. The van der Waals surface area contributed by atoms with Crippen molar-refractivity contribution in [3.05, 3.63) is 58.6 Å². The summed E-state index contributed by atoms with van der Waals surface area (Å²) in [6, 6.07) is 14.6. The summed E-state index contributed by atoms with van der Waals surface area (Å²) < 4.78 is 5.47. The molecule has 0 aromatic heterocycles. The van der Waals surface area contributed by atoms with Crippen LogP contribution in [0.25, 0.3) is 0 Å². The van der Waals surface area contributed by atoms with Crippen molar-refractivity contribution < 1.29 is 4.74 Å². The standard InChI is InChI=1S/C17H20ClNOS/c1-12(19-2)13-8-9-16(20-3)14(10-13)11-21-17-7-5-4-6-15(17)18/h4-10,12,19H,11H2,1-3H3. The van der Waals surface area contributed by atoms with Gasteiger partial charge in [0.15, 0.2) is 0 Å². The Labute approximate surface area is 135 Å². The third kappa shape index (κ3) is 4.16. The van der Waals surface area contributed by atoms with E-state index in [2.05, 4.69) is 24.4 Å². The summed E-state index contributed by atoms with van der Waals surface area (Å²) >= 11 is 7.93. The Morgan fingerprint density at radius 2 is 2.00 bits per heavy atom. The summed E-state index contributed by atoms with van der Waals surface area (Å²) in [6.45, 7) is 2.15. The molecule has 2 aromatic carbocycles. The van der Waals surface area contributed by atoms with Crippen molar-refractivity contribution in [3.63, 3.8) is 0 Å². The number of halogens is 1. The maximum atomic E-state index is 6.21. The van der Waals surface area contributed by atoms with E-state index >= 15 is 0 Å². The van der Waals surface area contributed by atoms with Gasteiger partial charge in [-0.3, -0.25) is 0 Å². The van der Waals surface area contributed by atoms with Crippen LogP contribution in [0.2, 0.25) is 5.02 Å². The van der Waals surface area contributed by atoms with Crippen LogP contribution >= 0.6 is 23.4 Å². The molecule has 0 amide bonds. The van der Waals surface area contributed by atoms with Gasteiger partial charge >= 0.3 is 0 Å². The average Bonchev–Trinajstić information content (AvgIpc) is 2.53. The minimum atomic E-state index is 0.319. The van der Waals surface area contributed by atoms with Gasteiger partial charge in [0, 0.05) is 22.3 Å². The van der Waals surface area contributed by atoms with Crippen molar-refractivity contribution >= 4 is 23.4 Å². The summed E-state index contributed by atoms with van der Waals surface area (Å²) in [5.74, 6) is 1.75. The van der Waals surface area contributed by atoms with Crippen molar-refractivity contribution in [1.82, 2.24) is 5.32 Å². The van der Waals surface area contributed by atoms with Gasteiger partial charge < -0.3 is 10.1 Å². The summed E-state index contributed by atoms with van der Waals surface area (Å²) in [6.07, 6.45) is 0. The minimum Gasteiger partial charge on any atom is -0.496 e. The molecular formula is C17H20ClNOS. The first-order valence-corrected chi connectivity index (χ1v) is 8.23. The van der Waals surface area contributed by atoms with Gasteiger partial charge in [-0.1, -0.05) is 29.8 Å². The highest BCUT2D eigenvalue weighted by Gasteiger charge is 2.09. The number of methoxy groups -OCH3 is 1. The van der Waals surface area contributed by atoms with E-state index in [1.807, 2.05) is 37.4 Å². The summed E-state index contributed by atoms with van der Waals surface area (Å²) in [5.41, 5.74) is 2.44. The maximum absolute atomic E-state index is 6.21. The van der Waals surface area contributed by atoms with E-state index in [9.17, 15) is 0 Å². The van der Waals surface area contributed by atoms with Gasteiger partial charge in [-0.2, -0.15) is 0 Å². The molecule has 0 aliphatic heterocycles. The number of rotatable bonds is 6. The quantitative estimate of drug-likeness (QED) is 0.763. The Hall–Kier alpha value is -1.16. The van der Waals surface area contributed by atoms with Crippen molar-refractivity contribution in [2.75, 3.05) is 14.2 Å². The average molecular weight is 322 g/mol. The molecule has 1 unspecified atom stereocenters. The van der Waals surface area contributed by atoms with Crippen LogP contribution in [0.15, 0.2) is 47.4 Å². The van der Waals surface area contributed by atoms with E-state index in [0.717, 1.165) is 21.4 Å². The van der Waals surface area contributed by atoms with Crippen LogP contribution in [-0.2, 0) is 5.75 Å². The summed E-state index contributed by atoms with van der Waals surface area (Å²) in [4.78, 5) is 1.09. The van der Waals surface area contributed by atoms with Gasteiger partial charge in [0.05, 0.1) is 12.1 Å². The second-order valence-electron chi connectivity index (χ2n) is 4.80. The number of hydrogen-bond acceptors (Lipinski definition) is 3. The Morgan fingerprint density at radius 3 is 2.67 bits per heavy atom. The molecule has 112 valence electrons. The molecule has 2 rings (SSSR count). The lowest BCUT2D eigenvalue weighted by Gasteiger charge is -2.15. The normalized spacial score (nSPS) is 12.2. The molecule has 0 aliphatic carbocycles. The zero-order valence-electron chi connectivity index (χ0n) is 12.5. The fraction of sp³-hybridized carbons (Fsp3) is 0.294. The van der Waals surface area contributed by atoms with Crippen LogP contribution in [0.3, 0.4) is 0 Å². The van der Waals surface area contributed by atoms with Crippen molar-refractivity contribution in [2.24, 2.45) is 0 Å². The van der Waals surface area contributed by atoms with Crippen LogP contribution in [0.4, 0.5) is 0 Å². The van der Waals surface area contributed by atoms with Crippen LogP contribution in [0.5, 0.6) is 5.75 Å². The molecule has 21 heavy (non-hydrogen) atoms. The zero-order valence-corrected chi connectivity index (χ0v) is 14.1. The smallest absolute Gasteiger partial charge is 0.122 e. The third-order valence-electron chi connectivity index (χ3n) is 3.46. The summed E-state index contributed by atoms with van der Waals surface area (Å²) in [7, 11) is 3.67. The first kappa shape index (κ1) is 16.2. The van der Waals surface area contributed by atoms with Crippen LogP contribution in [0.1, 0.15) is 24.1 Å². The van der Waals surface area contributed by atoms with Gasteiger partial charge in [-0.15, -0.1) is 11.8 Å². The number of hydrogen-bond donors (Lipinski definition) is 1. The van der Waals surface area contributed by atoms with Gasteiger partial charge in [0.1, 0.15) is 5.75 Å². The fourth-order valence-corrected chi connectivity index (χ4v) is 3.28. The molecule has 0 heterocycles. The lowest BCUT2D eigenvalue weighted by atomic mass is 10.1. The van der Waals surface area contributed by atoms with Crippen LogP contribution < -0.4 is 10.1 Å². The number of nitrogens with one attached hydrogen (secondary N) is 1. The van der Waals surface area contributed by atoms with E-state index in [4.69, 9.17) is 16.3 Å². The van der Waals surface area contributed by atoms with Gasteiger partial charge in [-0.05, 0) is 43.8 Å². The zero-order chi connectivity index (χ0) is 15.2. The van der Waals surface area contributed by atoms with Crippen molar-refractivity contribution in [3.8, 4) is 5.75 Å². The van der Waals surface area contributed by atoms with E-state index in [1.54, 1.807) is 18.9 Å². The van der Waals surface area contributed by atoms with Crippen LogP contribution in [0, 0.1) is 0 Å². The first-order valence-electron chi connectivity index (χ1n) is 6.87. The molecule has 0 radical (unpaired) electrons. The fourth-order valence-electron chi connectivity index (χ4n) is 2.06. The lowest BCUT2D eigenvalue weighted by Crippen LogP contribution is -2.12. The lowest BCUT2D eigenvalue weighted by molar-refractivity contribution is 0.411. The van der Waals surface area contributed by atoms with E-state index < -0.39 is 0 Å². The second kappa shape index (κ2) is 7.74. The highest BCUT2D eigenvalue weighted by molar-refractivity contribution is 7.98. The molecule has 0 saturated heterocycles. The topological polar surface area (TPSA) is 21.3 Å². The number of benzene rings is 2. The minimum absolute atomic E-state index is 0.319. The molecule has 2 aromatic rings. The van der Waals surface area contributed by atoms with E-state index in [1.165, 1.54) is 11.1 Å². The predicted octanol–water partition coefficient (Wildman–Crippen LogP) is 4.92. The summed E-state index contributed by atoms with van der Waals surface area (Å²) in [5, 5.41) is 4.05. The Kier molecular flexibility index (Phi) is 5.97. The van der Waals surface area contributed by atoms with Crippen LogP contribution in [-0.4, -0.2) is 14.2 Å². The molecule has 1 N–H and O–H groups in total. The first-order chi connectivity index (χ1) is 10.2. The molecule has 0 fully saturated rings.